The van der Waals surface area contributed by atoms with Crippen LogP contribution in [0.15, 0.2) is 18.2 Å². The molecule has 2 N–H and O–H groups in total. The lowest BCUT2D eigenvalue weighted by molar-refractivity contribution is -0.156. The van der Waals surface area contributed by atoms with Gasteiger partial charge in [-0.3, -0.25) is 14.4 Å². The molecular formula is C21H18F4N4O3. The van der Waals surface area contributed by atoms with E-state index in [1.165, 1.54) is 17.6 Å². The van der Waals surface area contributed by atoms with E-state index in [0.717, 1.165) is 19.1 Å². The molecule has 1 atom stereocenters. The van der Waals surface area contributed by atoms with Gasteiger partial charge in [-0.25, -0.2) is 4.39 Å². The zero-order chi connectivity index (χ0) is 23.8. The number of nitrogens with zero attached hydrogens (tertiary/aromatic N) is 2. The van der Waals surface area contributed by atoms with Gasteiger partial charge in [0.1, 0.15) is 17.9 Å². The number of aromatic nitrogens is 1. The Morgan fingerprint density at radius 2 is 1.94 bits per heavy atom. The molecule has 0 spiro atoms. The Morgan fingerprint density at radius 3 is 2.56 bits per heavy atom. The molecule has 3 rings (SSSR count). The number of rotatable bonds is 5. The number of ketones is 1. The van der Waals surface area contributed by atoms with Crippen LogP contribution in [0.3, 0.4) is 0 Å². The van der Waals surface area contributed by atoms with Crippen molar-refractivity contribution in [2.45, 2.75) is 45.5 Å². The van der Waals surface area contributed by atoms with Gasteiger partial charge in [-0.1, -0.05) is 0 Å². The molecule has 0 fully saturated rings. The summed E-state index contributed by atoms with van der Waals surface area (Å²) in [7, 11) is 0. The minimum atomic E-state index is -4.71. The van der Waals surface area contributed by atoms with Crippen molar-refractivity contribution in [3.8, 4) is 6.07 Å². The van der Waals surface area contributed by atoms with E-state index in [0.29, 0.717) is 25.1 Å². The molecule has 0 aliphatic carbocycles. The first kappa shape index (κ1) is 23.0. The van der Waals surface area contributed by atoms with Crippen molar-refractivity contribution in [1.29, 1.82) is 5.26 Å². The molecule has 2 amide bonds. The summed E-state index contributed by atoms with van der Waals surface area (Å²) in [6, 6.07) is 2.87. The topological polar surface area (TPSA) is 104 Å². The molecule has 1 unspecified atom stereocenters. The van der Waals surface area contributed by atoms with Crippen LogP contribution in [-0.2, 0) is 17.8 Å². The highest BCUT2D eigenvalue weighted by molar-refractivity contribution is 6.43. The van der Waals surface area contributed by atoms with Crippen molar-refractivity contribution in [1.82, 2.24) is 9.88 Å². The number of fused-ring (bicyclic) bond motifs is 1. The standard InChI is InChI=1S/C21H18F4N4O3/c1-10-16(19(31)28-13-5-6-14(22)12(8-13)9-26)15-4-3-7-29(15)17(10)18(30)20(32)27-11(2)21(23,24)25/h5-6,8,11H,3-4,7H2,1-2H3,(H,27,32)(H,28,31). The van der Waals surface area contributed by atoms with Crippen molar-refractivity contribution >= 4 is 23.3 Å². The number of carbonyl (C=O) groups excluding carboxylic acids is 3. The van der Waals surface area contributed by atoms with Crippen molar-refractivity contribution in [2.75, 3.05) is 5.32 Å². The number of halogens is 4. The monoisotopic (exact) mass is 450 g/mol. The summed E-state index contributed by atoms with van der Waals surface area (Å²) >= 11 is 0. The Kier molecular flexibility index (Phi) is 6.07. The summed E-state index contributed by atoms with van der Waals surface area (Å²) in [4.78, 5) is 37.8. The Labute approximate surface area is 180 Å². The van der Waals surface area contributed by atoms with E-state index < -0.39 is 35.6 Å². The minimum absolute atomic E-state index is 0.116. The Morgan fingerprint density at radius 1 is 1.25 bits per heavy atom. The van der Waals surface area contributed by atoms with Crippen LogP contribution in [0, 0.1) is 24.1 Å². The fourth-order valence-corrected chi connectivity index (χ4v) is 3.65. The molecule has 0 saturated heterocycles. The van der Waals surface area contributed by atoms with Crippen LogP contribution in [0.1, 0.15) is 51.0 Å². The molecule has 1 aliphatic rings. The molecule has 7 nitrogen and oxygen atoms in total. The third-order valence-corrected chi connectivity index (χ3v) is 5.24. The van der Waals surface area contributed by atoms with E-state index in [2.05, 4.69) is 5.32 Å². The molecule has 1 aromatic heterocycles. The molecule has 0 bridgehead atoms. The zero-order valence-electron chi connectivity index (χ0n) is 17.1. The smallest absolute Gasteiger partial charge is 0.341 e. The highest BCUT2D eigenvalue weighted by Gasteiger charge is 2.39. The molecular weight excluding hydrogens is 432 g/mol. The molecule has 0 saturated carbocycles. The molecule has 168 valence electrons. The van der Waals surface area contributed by atoms with Crippen molar-refractivity contribution in [3.63, 3.8) is 0 Å². The van der Waals surface area contributed by atoms with Crippen molar-refractivity contribution < 1.29 is 31.9 Å². The number of alkyl halides is 3. The maximum absolute atomic E-state index is 13.5. The predicted molar refractivity (Wildman–Crippen MR) is 105 cm³/mol. The molecule has 32 heavy (non-hydrogen) atoms. The Balaban J connectivity index is 1.92. The van der Waals surface area contributed by atoms with Crippen LogP contribution in [-0.4, -0.2) is 34.4 Å². The maximum atomic E-state index is 13.5. The lowest BCUT2D eigenvalue weighted by atomic mass is 10.0. The second kappa shape index (κ2) is 8.45. The van der Waals surface area contributed by atoms with Gasteiger partial charge in [-0.15, -0.1) is 0 Å². The molecule has 11 heteroatoms. The first-order valence-electron chi connectivity index (χ1n) is 9.60. The number of benzene rings is 1. The number of nitriles is 1. The molecule has 2 aromatic rings. The fraction of sp³-hybridized carbons (Fsp3) is 0.333. The number of hydrogen-bond acceptors (Lipinski definition) is 4. The highest BCUT2D eigenvalue weighted by atomic mass is 19.4. The predicted octanol–water partition coefficient (Wildman–Crippen LogP) is 3.26. The van der Waals surface area contributed by atoms with E-state index in [1.807, 2.05) is 0 Å². The summed E-state index contributed by atoms with van der Waals surface area (Å²) in [5.41, 5.74) is 0.474. The summed E-state index contributed by atoms with van der Waals surface area (Å²) in [5, 5.41) is 13.1. The van der Waals surface area contributed by atoms with Crippen molar-refractivity contribution in [3.05, 3.63) is 52.1 Å². The van der Waals surface area contributed by atoms with Gasteiger partial charge in [0.05, 0.1) is 16.8 Å². The Bertz CT molecular complexity index is 1160. The van der Waals surface area contributed by atoms with Crippen LogP contribution in [0.4, 0.5) is 23.2 Å². The van der Waals surface area contributed by atoms with Crippen LogP contribution < -0.4 is 10.6 Å². The number of nitrogens with one attached hydrogen (secondary N) is 2. The van der Waals surface area contributed by atoms with E-state index in [-0.39, 0.29) is 28.1 Å². The summed E-state index contributed by atoms with van der Waals surface area (Å²) in [5.74, 6) is -3.99. The van der Waals surface area contributed by atoms with Gasteiger partial charge in [-0.05, 0) is 50.5 Å². The minimum Gasteiger partial charge on any atom is -0.341 e. The van der Waals surface area contributed by atoms with Crippen LogP contribution >= 0.6 is 0 Å². The first-order valence-corrected chi connectivity index (χ1v) is 9.60. The number of anilines is 1. The third-order valence-electron chi connectivity index (χ3n) is 5.24. The Hall–Kier alpha value is -3.68. The molecule has 0 radical (unpaired) electrons. The summed E-state index contributed by atoms with van der Waals surface area (Å²) in [6.45, 7) is 2.47. The van der Waals surface area contributed by atoms with Gasteiger partial charge in [0.2, 0.25) is 0 Å². The van der Waals surface area contributed by atoms with Gasteiger partial charge >= 0.3 is 6.18 Å². The zero-order valence-corrected chi connectivity index (χ0v) is 17.1. The molecule has 2 heterocycles. The average molecular weight is 450 g/mol. The van der Waals surface area contributed by atoms with E-state index in [1.54, 1.807) is 11.4 Å². The fourth-order valence-electron chi connectivity index (χ4n) is 3.65. The molecule has 1 aliphatic heterocycles. The van der Waals surface area contributed by atoms with Crippen LogP contribution in [0.25, 0.3) is 0 Å². The van der Waals surface area contributed by atoms with Gasteiger partial charge < -0.3 is 15.2 Å². The quantitative estimate of drug-likeness (QED) is 0.415. The average Bonchev–Trinajstić information content (AvgIpc) is 3.27. The number of amides is 2. The van der Waals surface area contributed by atoms with Gasteiger partial charge in [-0.2, -0.15) is 18.4 Å². The van der Waals surface area contributed by atoms with Gasteiger partial charge in [0.25, 0.3) is 17.6 Å². The number of hydrogen-bond donors (Lipinski definition) is 2. The van der Waals surface area contributed by atoms with Crippen LogP contribution in [0.2, 0.25) is 0 Å². The normalized spacial score (nSPS) is 13.8. The van der Waals surface area contributed by atoms with E-state index in [4.69, 9.17) is 5.26 Å². The van der Waals surface area contributed by atoms with Crippen LogP contribution in [0.5, 0.6) is 0 Å². The third kappa shape index (κ3) is 4.21. The van der Waals surface area contributed by atoms with Gasteiger partial charge in [0, 0.05) is 17.9 Å². The second-order valence-corrected chi connectivity index (χ2v) is 7.38. The number of carbonyl (C=O) groups is 3. The maximum Gasteiger partial charge on any atom is 0.408 e. The van der Waals surface area contributed by atoms with E-state index in [9.17, 15) is 31.9 Å². The summed E-state index contributed by atoms with van der Waals surface area (Å²) < 4.78 is 53.2. The van der Waals surface area contributed by atoms with E-state index >= 15 is 0 Å². The molecule has 1 aromatic carbocycles. The largest absolute Gasteiger partial charge is 0.408 e. The number of Topliss-reactive ketones (excluding diaryl/α,β-unsaturated/α-hetero) is 1. The SMILES string of the molecule is Cc1c(C(=O)Nc2ccc(F)c(C#N)c2)c2n(c1C(=O)C(=O)NC(C)C(F)(F)F)CCC2. The first-order chi connectivity index (χ1) is 15.0. The second-order valence-electron chi connectivity index (χ2n) is 7.38. The highest BCUT2D eigenvalue weighted by Crippen LogP contribution is 2.30. The van der Waals surface area contributed by atoms with Crippen molar-refractivity contribution in [2.24, 2.45) is 0 Å². The van der Waals surface area contributed by atoms with Gasteiger partial charge in [0.15, 0.2) is 0 Å². The lowest BCUT2D eigenvalue weighted by Gasteiger charge is -2.17. The lowest BCUT2D eigenvalue weighted by Crippen LogP contribution is -2.46. The summed E-state index contributed by atoms with van der Waals surface area (Å²) in [6.07, 6.45) is -3.72.